The number of halogens is 1. The van der Waals surface area contributed by atoms with Crippen molar-refractivity contribution in [3.63, 3.8) is 0 Å². The van der Waals surface area contributed by atoms with Crippen molar-refractivity contribution in [2.24, 2.45) is 11.0 Å². The van der Waals surface area contributed by atoms with Crippen LogP contribution in [0.15, 0.2) is 77.9 Å². The van der Waals surface area contributed by atoms with Crippen LogP contribution in [0.2, 0.25) is 0 Å². The van der Waals surface area contributed by atoms with Gasteiger partial charge in [0.25, 0.3) is 11.6 Å². The Kier molecular flexibility index (Phi) is 5.46. The highest BCUT2D eigenvalue weighted by Gasteiger charge is 2.43. The third-order valence-electron chi connectivity index (χ3n) is 5.01. The minimum atomic E-state index is -1.39. The molecule has 0 saturated carbocycles. The van der Waals surface area contributed by atoms with Gasteiger partial charge >= 0.3 is 0 Å². The Balaban J connectivity index is 1.81. The number of rotatable bonds is 6. The molecule has 3 aromatic rings. The molecule has 4 rings (SSSR count). The van der Waals surface area contributed by atoms with Gasteiger partial charge in [0, 0.05) is 17.7 Å². The van der Waals surface area contributed by atoms with E-state index in [4.69, 9.17) is 4.74 Å². The van der Waals surface area contributed by atoms with Crippen LogP contribution in [0.1, 0.15) is 15.9 Å². The molecule has 1 atom stereocenters. The van der Waals surface area contributed by atoms with Crippen molar-refractivity contribution in [3.8, 4) is 5.75 Å². The summed E-state index contributed by atoms with van der Waals surface area (Å²) in [6, 6.07) is 17.2. The number of carbonyl (C=O) groups is 2. The third-order valence-corrected chi connectivity index (χ3v) is 5.01. The number of benzene rings is 3. The zero-order valence-corrected chi connectivity index (χ0v) is 16.8. The molecule has 0 bridgehead atoms. The summed E-state index contributed by atoms with van der Waals surface area (Å²) in [6.07, 6.45) is 0. The van der Waals surface area contributed by atoms with Gasteiger partial charge < -0.3 is 4.74 Å². The molecule has 0 fully saturated rings. The molecule has 1 aliphatic heterocycles. The first-order valence-electron chi connectivity index (χ1n) is 9.51. The van der Waals surface area contributed by atoms with Gasteiger partial charge in [-0.25, -0.2) is 4.39 Å². The predicted octanol–water partition coefficient (Wildman–Crippen LogP) is 3.99. The second-order valence-electron chi connectivity index (χ2n) is 6.92. The SMILES string of the molecule is COc1cccc(C2=NN(c3ccc([N+](=O)[O-])cc3)C(=O)[C@H]2C(=O)c2ccccc2F)c1. The van der Waals surface area contributed by atoms with E-state index in [1.54, 1.807) is 24.3 Å². The minimum absolute atomic E-state index is 0.125. The lowest BCUT2D eigenvalue weighted by molar-refractivity contribution is -0.384. The van der Waals surface area contributed by atoms with Gasteiger partial charge in [-0.3, -0.25) is 19.7 Å². The standard InChI is InChI=1S/C23H16FN3O5/c1-32-17-6-4-5-14(13-17)21-20(22(28)18-7-2-3-8-19(18)24)23(29)26(25-21)15-9-11-16(12-10-15)27(30)31/h2-13,20H,1H3/t20-/m1/s1. The lowest BCUT2D eigenvalue weighted by Gasteiger charge is -2.14. The van der Waals surface area contributed by atoms with Crippen LogP contribution in [-0.4, -0.2) is 29.4 Å². The zero-order valence-electron chi connectivity index (χ0n) is 16.8. The van der Waals surface area contributed by atoms with Crippen molar-refractivity contribution in [1.29, 1.82) is 0 Å². The van der Waals surface area contributed by atoms with Crippen molar-refractivity contribution in [2.45, 2.75) is 0 Å². The summed E-state index contributed by atoms with van der Waals surface area (Å²) in [5, 5.41) is 16.3. The van der Waals surface area contributed by atoms with Gasteiger partial charge in [0.1, 0.15) is 17.5 Å². The Morgan fingerprint density at radius 1 is 1.09 bits per heavy atom. The van der Waals surface area contributed by atoms with Crippen LogP contribution in [-0.2, 0) is 4.79 Å². The number of Topliss-reactive ketones (excluding diaryl/α,β-unsaturated/α-hetero) is 1. The predicted molar refractivity (Wildman–Crippen MR) is 114 cm³/mol. The van der Waals surface area contributed by atoms with Crippen LogP contribution < -0.4 is 9.75 Å². The molecule has 0 saturated heterocycles. The van der Waals surface area contributed by atoms with Crippen molar-refractivity contribution in [3.05, 3.63) is 99.9 Å². The van der Waals surface area contributed by atoms with Gasteiger partial charge in [-0.05, 0) is 36.4 Å². The number of ether oxygens (including phenoxy) is 1. The number of nitro benzene ring substituents is 1. The summed E-state index contributed by atoms with van der Waals surface area (Å²) in [7, 11) is 1.48. The molecule has 1 heterocycles. The number of amides is 1. The molecule has 160 valence electrons. The number of hydrogen-bond acceptors (Lipinski definition) is 6. The Morgan fingerprint density at radius 2 is 1.81 bits per heavy atom. The Bertz CT molecular complexity index is 1260. The molecule has 1 aliphatic rings. The quantitative estimate of drug-likeness (QED) is 0.253. The number of hydrazone groups is 1. The van der Waals surface area contributed by atoms with Gasteiger partial charge in [-0.15, -0.1) is 0 Å². The number of ketones is 1. The highest BCUT2D eigenvalue weighted by molar-refractivity contribution is 6.34. The van der Waals surface area contributed by atoms with E-state index in [1.165, 1.54) is 49.6 Å². The average Bonchev–Trinajstić information content (AvgIpc) is 3.16. The van der Waals surface area contributed by atoms with Crippen molar-refractivity contribution in [2.75, 3.05) is 12.1 Å². The van der Waals surface area contributed by atoms with E-state index in [1.807, 2.05) is 0 Å². The van der Waals surface area contributed by atoms with E-state index in [0.29, 0.717) is 11.3 Å². The molecular weight excluding hydrogens is 417 g/mol. The molecule has 32 heavy (non-hydrogen) atoms. The van der Waals surface area contributed by atoms with Gasteiger partial charge in [-0.2, -0.15) is 10.1 Å². The summed E-state index contributed by atoms with van der Waals surface area (Å²) in [6.45, 7) is 0. The number of nitrogens with zero attached hydrogens (tertiary/aromatic N) is 3. The molecular formula is C23H16FN3O5. The molecule has 0 aromatic heterocycles. The van der Waals surface area contributed by atoms with Crippen molar-refractivity contribution < 1.29 is 23.6 Å². The maximum Gasteiger partial charge on any atom is 0.269 e. The summed E-state index contributed by atoms with van der Waals surface area (Å²) < 4.78 is 19.6. The van der Waals surface area contributed by atoms with E-state index >= 15 is 0 Å². The monoisotopic (exact) mass is 433 g/mol. The molecule has 8 nitrogen and oxygen atoms in total. The van der Waals surface area contributed by atoms with E-state index in [9.17, 15) is 24.1 Å². The maximum absolute atomic E-state index is 14.3. The van der Waals surface area contributed by atoms with Gasteiger partial charge in [0.05, 0.1) is 29.0 Å². The molecule has 0 aliphatic carbocycles. The minimum Gasteiger partial charge on any atom is -0.497 e. The molecule has 9 heteroatoms. The number of anilines is 1. The number of methoxy groups -OCH3 is 1. The van der Waals surface area contributed by atoms with Crippen LogP contribution in [0, 0.1) is 21.8 Å². The maximum atomic E-state index is 14.3. The fourth-order valence-corrected chi connectivity index (χ4v) is 3.41. The number of carbonyl (C=O) groups excluding carboxylic acids is 2. The summed E-state index contributed by atoms with van der Waals surface area (Å²) in [4.78, 5) is 36.9. The fourth-order valence-electron chi connectivity index (χ4n) is 3.41. The van der Waals surface area contributed by atoms with Crippen LogP contribution in [0.5, 0.6) is 5.75 Å². The third kappa shape index (κ3) is 3.71. The average molecular weight is 433 g/mol. The van der Waals surface area contributed by atoms with Crippen molar-refractivity contribution in [1.82, 2.24) is 0 Å². The summed E-state index contributed by atoms with van der Waals surface area (Å²) in [5.74, 6) is -3.08. The van der Waals surface area contributed by atoms with E-state index in [2.05, 4.69) is 5.10 Å². The number of non-ortho nitro benzene ring substituents is 1. The van der Waals surface area contributed by atoms with Crippen molar-refractivity contribution >= 4 is 28.8 Å². The topological polar surface area (TPSA) is 102 Å². The Morgan fingerprint density at radius 3 is 2.47 bits per heavy atom. The molecule has 0 unspecified atom stereocenters. The van der Waals surface area contributed by atoms with E-state index < -0.39 is 28.3 Å². The highest BCUT2D eigenvalue weighted by atomic mass is 19.1. The Hall–Kier alpha value is -4.40. The van der Waals surface area contributed by atoms with Gasteiger partial charge in [0.2, 0.25) is 0 Å². The zero-order chi connectivity index (χ0) is 22.8. The van der Waals surface area contributed by atoms with E-state index in [-0.39, 0.29) is 22.6 Å². The Labute approximate surface area is 181 Å². The first-order chi connectivity index (χ1) is 15.4. The molecule has 1 amide bonds. The molecule has 3 aromatic carbocycles. The number of hydrogen-bond donors (Lipinski definition) is 0. The van der Waals surface area contributed by atoms with E-state index in [0.717, 1.165) is 11.1 Å². The summed E-state index contributed by atoms with van der Waals surface area (Å²) in [5.41, 5.74) is 0.436. The second kappa shape index (κ2) is 8.38. The van der Waals surface area contributed by atoms with Gasteiger partial charge in [0.15, 0.2) is 5.78 Å². The lowest BCUT2D eigenvalue weighted by atomic mass is 9.89. The molecule has 0 radical (unpaired) electrons. The van der Waals surface area contributed by atoms with Crippen LogP contribution >= 0.6 is 0 Å². The molecule has 0 N–H and O–H groups in total. The summed E-state index contributed by atoms with van der Waals surface area (Å²) >= 11 is 0. The first-order valence-corrected chi connectivity index (χ1v) is 9.51. The second-order valence-corrected chi connectivity index (χ2v) is 6.92. The normalized spacial score (nSPS) is 15.4. The van der Waals surface area contributed by atoms with Gasteiger partial charge in [-0.1, -0.05) is 24.3 Å². The fraction of sp³-hybridized carbons (Fsp3) is 0.0870. The highest BCUT2D eigenvalue weighted by Crippen LogP contribution is 2.31. The lowest BCUT2D eigenvalue weighted by Crippen LogP contribution is -2.34. The first kappa shape index (κ1) is 20.9. The smallest absolute Gasteiger partial charge is 0.269 e. The van der Waals surface area contributed by atoms with Crippen LogP contribution in [0.4, 0.5) is 15.8 Å². The van der Waals surface area contributed by atoms with Crippen LogP contribution in [0.25, 0.3) is 0 Å². The number of nitro groups is 1. The molecule has 0 spiro atoms. The van der Waals surface area contributed by atoms with Crippen LogP contribution in [0.3, 0.4) is 0 Å². The largest absolute Gasteiger partial charge is 0.497 e.